The molecular weight excluding hydrogens is 633 g/mol. The molecule has 10 rings (SSSR count). The van der Waals surface area contributed by atoms with Crippen LogP contribution in [-0.2, 0) is 11.8 Å². The third-order valence-corrected chi connectivity index (χ3v) is 10.7. The third kappa shape index (κ3) is 5.11. The smallest absolute Gasteiger partial charge is 0.123 e. The molecule has 0 saturated carbocycles. The van der Waals surface area contributed by atoms with Crippen molar-refractivity contribution in [3.8, 4) is 56.0 Å². The summed E-state index contributed by atoms with van der Waals surface area (Å²) in [5.41, 5.74) is 15.5. The SMILES string of the molecule is Oc1ccc(C2(c3ccc(O)c(-c4ccccc4)c3)c3ccccc3-c3ccccc32)cc1-c1ccccc1.c1ccc2c(c1)Cc1ccccc1-2. The maximum Gasteiger partial charge on any atom is 0.123 e. The van der Waals surface area contributed by atoms with E-state index in [1.807, 2.05) is 84.9 Å². The molecule has 248 valence electrons. The lowest BCUT2D eigenvalue weighted by atomic mass is 9.67. The van der Waals surface area contributed by atoms with Gasteiger partial charge in [0.15, 0.2) is 0 Å². The lowest BCUT2D eigenvalue weighted by Crippen LogP contribution is -2.28. The predicted octanol–water partition coefficient (Wildman–Crippen LogP) is 12.1. The average Bonchev–Trinajstić information content (AvgIpc) is 3.74. The fourth-order valence-electron chi connectivity index (χ4n) is 8.34. The first-order valence-electron chi connectivity index (χ1n) is 17.8. The van der Waals surface area contributed by atoms with Gasteiger partial charge in [0, 0.05) is 11.1 Å². The molecule has 2 nitrogen and oxygen atoms in total. The monoisotopic (exact) mass is 668 g/mol. The Kier molecular flexibility index (Phi) is 7.79. The number of rotatable bonds is 4. The third-order valence-electron chi connectivity index (χ3n) is 10.7. The van der Waals surface area contributed by atoms with Gasteiger partial charge in [0.1, 0.15) is 11.5 Å². The Morgan fingerprint density at radius 2 is 0.692 bits per heavy atom. The van der Waals surface area contributed by atoms with E-state index in [9.17, 15) is 10.2 Å². The van der Waals surface area contributed by atoms with Crippen molar-refractivity contribution in [2.75, 3.05) is 0 Å². The molecule has 8 aromatic carbocycles. The van der Waals surface area contributed by atoms with Gasteiger partial charge in [-0.2, -0.15) is 0 Å². The van der Waals surface area contributed by atoms with E-state index in [0.717, 1.165) is 39.8 Å². The zero-order chi connectivity index (χ0) is 35.1. The Morgan fingerprint density at radius 1 is 0.327 bits per heavy atom. The standard InChI is InChI=1S/C37H26O2.C13H10/c38-35-21-19-27(23-31(35)25-11-3-1-4-12-25)37(28-20-22-36(39)32(24-28)26-13-5-2-6-14-26)33-17-9-7-15-29(33)30-16-8-10-18-34(30)37;1-3-7-12-10(5-1)9-11-6-2-4-8-13(11)12/h1-24,38-39H;1-8H,9H2. The molecule has 52 heavy (non-hydrogen) atoms. The first kappa shape index (κ1) is 31.3. The van der Waals surface area contributed by atoms with E-state index in [1.54, 1.807) is 0 Å². The highest BCUT2D eigenvalue weighted by Gasteiger charge is 2.46. The largest absolute Gasteiger partial charge is 0.507 e. The molecule has 0 unspecified atom stereocenters. The number of aromatic hydroxyl groups is 2. The molecule has 0 aliphatic heterocycles. The molecule has 0 saturated heterocycles. The quantitative estimate of drug-likeness (QED) is 0.196. The second-order valence-electron chi connectivity index (χ2n) is 13.5. The van der Waals surface area contributed by atoms with E-state index in [4.69, 9.17) is 0 Å². The van der Waals surface area contributed by atoms with Crippen molar-refractivity contribution in [1.29, 1.82) is 0 Å². The van der Waals surface area contributed by atoms with Crippen LogP contribution in [0.4, 0.5) is 0 Å². The minimum atomic E-state index is -0.651. The predicted molar refractivity (Wildman–Crippen MR) is 213 cm³/mol. The zero-order valence-electron chi connectivity index (χ0n) is 28.6. The van der Waals surface area contributed by atoms with Gasteiger partial charge in [-0.25, -0.2) is 0 Å². The molecule has 0 radical (unpaired) electrons. The molecule has 0 bridgehead atoms. The van der Waals surface area contributed by atoms with Gasteiger partial charge in [0.25, 0.3) is 0 Å². The maximum atomic E-state index is 11.0. The van der Waals surface area contributed by atoms with Crippen LogP contribution in [0.1, 0.15) is 33.4 Å². The molecule has 0 spiro atoms. The van der Waals surface area contributed by atoms with Gasteiger partial charge in [-0.05, 0) is 97.4 Å². The van der Waals surface area contributed by atoms with Crippen molar-refractivity contribution in [1.82, 2.24) is 0 Å². The van der Waals surface area contributed by atoms with Gasteiger partial charge in [-0.3, -0.25) is 0 Å². The topological polar surface area (TPSA) is 40.5 Å². The van der Waals surface area contributed by atoms with Crippen LogP contribution in [0, 0.1) is 0 Å². The summed E-state index contributed by atoms with van der Waals surface area (Å²) in [4.78, 5) is 0. The fraction of sp³-hybridized carbons (Fsp3) is 0.0400. The van der Waals surface area contributed by atoms with Crippen molar-refractivity contribution < 1.29 is 10.2 Å². The molecule has 2 aliphatic rings. The number of fused-ring (bicyclic) bond motifs is 6. The molecule has 0 atom stereocenters. The van der Waals surface area contributed by atoms with E-state index in [2.05, 4.69) is 109 Å². The summed E-state index contributed by atoms with van der Waals surface area (Å²) in [5, 5.41) is 21.9. The number of hydrogen-bond acceptors (Lipinski definition) is 2. The van der Waals surface area contributed by atoms with Crippen LogP contribution in [0.3, 0.4) is 0 Å². The van der Waals surface area contributed by atoms with Crippen LogP contribution in [-0.4, -0.2) is 10.2 Å². The Balaban J connectivity index is 0.000000231. The van der Waals surface area contributed by atoms with Gasteiger partial charge in [-0.15, -0.1) is 0 Å². The summed E-state index contributed by atoms with van der Waals surface area (Å²) in [5.74, 6) is 0.491. The minimum Gasteiger partial charge on any atom is -0.507 e. The number of benzene rings is 8. The van der Waals surface area contributed by atoms with Crippen LogP contribution >= 0.6 is 0 Å². The van der Waals surface area contributed by atoms with Gasteiger partial charge in [-0.1, -0.05) is 170 Å². The average molecular weight is 669 g/mol. The summed E-state index contributed by atoms with van der Waals surface area (Å²) in [6.07, 6.45) is 1.10. The summed E-state index contributed by atoms with van der Waals surface area (Å²) >= 11 is 0. The van der Waals surface area contributed by atoms with Gasteiger partial charge < -0.3 is 10.2 Å². The molecular formula is C50H36O2. The van der Waals surface area contributed by atoms with Crippen molar-refractivity contribution >= 4 is 0 Å². The van der Waals surface area contributed by atoms with E-state index >= 15 is 0 Å². The first-order valence-corrected chi connectivity index (χ1v) is 17.8. The molecule has 2 aliphatic carbocycles. The Labute approximate surface area is 304 Å². The summed E-state index contributed by atoms with van der Waals surface area (Å²) in [6.45, 7) is 0. The van der Waals surface area contributed by atoms with Gasteiger partial charge in [0.05, 0.1) is 5.41 Å². The summed E-state index contributed by atoms with van der Waals surface area (Å²) in [6, 6.07) is 66.4. The fourth-order valence-corrected chi connectivity index (χ4v) is 8.34. The lowest BCUT2D eigenvalue weighted by molar-refractivity contribution is 0.477. The Bertz CT molecular complexity index is 2390. The van der Waals surface area contributed by atoms with Crippen molar-refractivity contribution in [3.63, 3.8) is 0 Å². The molecule has 0 fully saturated rings. The Hall–Kier alpha value is -6.64. The highest BCUT2D eigenvalue weighted by molar-refractivity contribution is 5.88. The molecule has 0 heterocycles. The van der Waals surface area contributed by atoms with Crippen LogP contribution in [0.5, 0.6) is 11.5 Å². The lowest BCUT2D eigenvalue weighted by Gasteiger charge is -2.34. The van der Waals surface area contributed by atoms with Crippen molar-refractivity contribution in [2.24, 2.45) is 0 Å². The normalized spacial score (nSPS) is 12.8. The highest BCUT2D eigenvalue weighted by atomic mass is 16.3. The minimum absolute atomic E-state index is 0.246. The van der Waals surface area contributed by atoms with Crippen LogP contribution in [0.25, 0.3) is 44.5 Å². The van der Waals surface area contributed by atoms with E-state index in [-0.39, 0.29) is 11.5 Å². The second kappa shape index (κ2) is 12.9. The molecule has 0 aromatic heterocycles. The molecule has 8 aromatic rings. The zero-order valence-corrected chi connectivity index (χ0v) is 28.6. The van der Waals surface area contributed by atoms with Crippen LogP contribution in [0.15, 0.2) is 194 Å². The van der Waals surface area contributed by atoms with Gasteiger partial charge in [0.2, 0.25) is 0 Å². The van der Waals surface area contributed by atoms with E-state index < -0.39 is 5.41 Å². The van der Waals surface area contributed by atoms with Crippen molar-refractivity contribution in [3.05, 3.63) is 228 Å². The van der Waals surface area contributed by atoms with Crippen molar-refractivity contribution in [2.45, 2.75) is 11.8 Å². The van der Waals surface area contributed by atoms with E-state index in [1.165, 1.54) is 44.5 Å². The summed E-state index contributed by atoms with van der Waals surface area (Å²) in [7, 11) is 0. The second-order valence-corrected chi connectivity index (χ2v) is 13.5. The van der Waals surface area contributed by atoms with Crippen LogP contribution < -0.4 is 0 Å². The molecule has 2 heteroatoms. The first-order chi connectivity index (χ1) is 25.6. The van der Waals surface area contributed by atoms with E-state index in [0.29, 0.717) is 0 Å². The highest BCUT2D eigenvalue weighted by Crippen LogP contribution is 2.57. The van der Waals surface area contributed by atoms with Gasteiger partial charge >= 0.3 is 0 Å². The number of phenolic OH excluding ortho intramolecular Hbond substituents is 2. The molecule has 0 amide bonds. The number of hydrogen-bond donors (Lipinski definition) is 2. The van der Waals surface area contributed by atoms with Crippen LogP contribution in [0.2, 0.25) is 0 Å². The summed E-state index contributed by atoms with van der Waals surface area (Å²) < 4.78 is 0. The molecule has 2 N–H and O–H groups in total. The number of phenols is 2. The maximum absolute atomic E-state index is 11.0. The Morgan fingerprint density at radius 3 is 1.13 bits per heavy atom.